The van der Waals surface area contributed by atoms with Crippen LogP contribution >= 0.6 is 0 Å². The van der Waals surface area contributed by atoms with Crippen LogP contribution < -0.4 is 0 Å². The molecule has 0 spiro atoms. The summed E-state index contributed by atoms with van der Waals surface area (Å²) in [6.07, 6.45) is 13.2. The van der Waals surface area contributed by atoms with E-state index in [1.54, 1.807) is 34.0 Å². The standard InChI is InChI=1S/C50H77NO12/c1-30-15-11-10-12-16-31(2)42(60-8)28-39-23-18-36(7)50(59,63-39)47(56)48(57)51-24-14-13-17-40(51)49(58)62-43(33(4)27-37-19-21-38(52)22-20-37)29-41(53)32(3)26-35(6)45(55)46(61-9)44(54)34(5)25-30/h10-12,15-16,26,30,32-34,36-40,42-43,45-46,52,55,59H,13-14,17-25,27-29H2,1-9H3/b12-10+,15-11-,31-16+,35-26+/t30-,32-,33-,34-,36-,37?,38?,39+,40+,42+,43+,45-,46+,50-/m1/s1. The summed E-state index contributed by atoms with van der Waals surface area (Å²) < 4.78 is 23.8. The smallest absolute Gasteiger partial charge is 0.329 e. The Kier molecular flexibility index (Phi) is 20.1. The molecule has 4 aliphatic rings. The summed E-state index contributed by atoms with van der Waals surface area (Å²) >= 11 is 0. The SMILES string of the molecule is CO[C@H]1C[C@@H]2CC[C@@H](C)[C@@](O)(O2)C(=O)C(=O)N2CCCC[C@H]2C(=O)O[C@H]([C@H](C)CC2CCC(O)CC2)CC(=O)[C@H](C)/C=C(\C)[C@@H](O)[C@@H](OC)C(=O)[C@H](C)C[C@H](C)\C=C/C=C/C=C/1C. The lowest BCUT2D eigenvalue weighted by molar-refractivity contribution is -0.265. The Bertz CT molecular complexity index is 1690. The highest BCUT2D eigenvalue weighted by molar-refractivity contribution is 6.39. The van der Waals surface area contributed by atoms with Crippen molar-refractivity contribution in [2.24, 2.45) is 35.5 Å². The van der Waals surface area contributed by atoms with Gasteiger partial charge >= 0.3 is 5.97 Å². The molecule has 1 aliphatic carbocycles. The third kappa shape index (κ3) is 14.1. The number of cyclic esters (lactones) is 1. The summed E-state index contributed by atoms with van der Waals surface area (Å²) in [7, 11) is 2.96. The average molecular weight is 884 g/mol. The number of amides is 1. The molecule has 0 unspecified atom stereocenters. The molecule has 0 aromatic rings. The number of piperidine rings is 1. The van der Waals surface area contributed by atoms with Crippen LogP contribution in [-0.2, 0) is 42.9 Å². The van der Waals surface area contributed by atoms with Gasteiger partial charge in [0.1, 0.15) is 30.1 Å². The highest BCUT2D eigenvalue weighted by Gasteiger charge is 2.53. The second kappa shape index (κ2) is 24.3. The second-order valence-electron chi connectivity index (χ2n) is 19.2. The van der Waals surface area contributed by atoms with Gasteiger partial charge in [-0.2, -0.15) is 0 Å². The lowest BCUT2D eigenvalue weighted by Gasteiger charge is -2.42. The van der Waals surface area contributed by atoms with Crippen LogP contribution in [-0.4, -0.2) is 119 Å². The van der Waals surface area contributed by atoms with E-state index in [4.69, 9.17) is 18.9 Å². The first-order valence-electron chi connectivity index (χ1n) is 23.4. The zero-order valence-corrected chi connectivity index (χ0v) is 39.3. The molecule has 1 saturated carbocycles. The first-order chi connectivity index (χ1) is 29.8. The van der Waals surface area contributed by atoms with E-state index in [2.05, 4.69) is 0 Å². The van der Waals surface area contributed by atoms with Crippen LogP contribution in [0.1, 0.15) is 132 Å². The molecule has 0 aromatic heterocycles. The Labute approximate surface area is 375 Å². The van der Waals surface area contributed by atoms with Crippen molar-refractivity contribution in [3.8, 4) is 0 Å². The van der Waals surface area contributed by atoms with Gasteiger partial charge in [-0.05, 0) is 113 Å². The zero-order chi connectivity index (χ0) is 46.6. The van der Waals surface area contributed by atoms with E-state index >= 15 is 0 Å². The Balaban J connectivity index is 1.69. The molecule has 0 radical (unpaired) electrons. The van der Waals surface area contributed by atoms with Crippen LogP contribution in [0, 0.1) is 35.5 Å². The fourth-order valence-electron chi connectivity index (χ4n) is 9.83. The van der Waals surface area contributed by atoms with Crippen molar-refractivity contribution in [3.05, 3.63) is 47.6 Å². The Morgan fingerprint density at radius 2 is 1.56 bits per heavy atom. The number of aliphatic hydroxyl groups excluding tert-OH is 2. The third-order valence-corrected chi connectivity index (χ3v) is 14.1. The van der Waals surface area contributed by atoms with Crippen molar-refractivity contribution in [2.45, 2.75) is 180 Å². The van der Waals surface area contributed by atoms with E-state index in [0.717, 1.165) is 18.4 Å². The fraction of sp³-hybridized carbons (Fsp3) is 0.740. The molecular formula is C50H77NO12. The number of hydrogen-bond donors (Lipinski definition) is 3. The summed E-state index contributed by atoms with van der Waals surface area (Å²) in [6.45, 7) is 12.8. The van der Waals surface area contributed by atoms with Gasteiger partial charge < -0.3 is 39.2 Å². The number of aliphatic hydroxyl groups is 3. The van der Waals surface area contributed by atoms with Crippen molar-refractivity contribution >= 4 is 29.2 Å². The predicted octanol–water partition coefficient (Wildman–Crippen LogP) is 6.56. The van der Waals surface area contributed by atoms with Crippen LogP contribution in [0.25, 0.3) is 0 Å². The molecule has 4 rings (SSSR count). The Hall–Kier alpha value is -3.33. The van der Waals surface area contributed by atoms with Gasteiger partial charge in [0.15, 0.2) is 5.78 Å². The number of nitrogens with zero attached hydrogens (tertiary/aromatic N) is 1. The van der Waals surface area contributed by atoms with E-state index in [-0.39, 0.29) is 54.8 Å². The molecule has 3 heterocycles. The molecule has 13 heteroatoms. The van der Waals surface area contributed by atoms with E-state index in [0.29, 0.717) is 63.4 Å². The average Bonchev–Trinajstić information content (AvgIpc) is 3.26. The summed E-state index contributed by atoms with van der Waals surface area (Å²) in [5.74, 6) is -7.60. The van der Waals surface area contributed by atoms with Crippen molar-refractivity contribution in [1.82, 2.24) is 4.90 Å². The van der Waals surface area contributed by atoms with Crippen LogP contribution in [0.2, 0.25) is 0 Å². The molecule has 354 valence electrons. The quantitative estimate of drug-likeness (QED) is 0.154. The Morgan fingerprint density at radius 1 is 0.857 bits per heavy atom. The first-order valence-corrected chi connectivity index (χ1v) is 23.4. The van der Waals surface area contributed by atoms with Crippen molar-refractivity contribution in [1.29, 1.82) is 0 Å². The minimum Gasteiger partial charge on any atom is -0.460 e. The third-order valence-electron chi connectivity index (χ3n) is 14.1. The number of allylic oxidation sites excluding steroid dienone is 6. The first kappa shape index (κ1) is 52.3. The van der Waals surface area contributed by atoms with Gasteiger partial charge in [0, 0.05) is 51.4 Å². The minimum absolute atomic E-state index is 0.0273. The van der Waals surface area contributed by atoms with E-state index in [9.17, 15) is 39.3 Å². The van der Waals surface area contributed by atoms with Crippen molar-refractivity contribution < 1.29 is 58.2 Å². The maximum atomic E-state index is 14.3. The Morgan fingerprint density at radius 3 is 2.22 bits per heavy atom. The molecule has 3 fully saturated rings. The molecule has 3 N–H and O–H groups in total. The van der Waals surface area contributed by atoms with Crippen LogP contribution in [0.3, 0.4) is 0 Å². The van der Waals surface area contributed by atoms with E-state index in [1.165, 1.54) is 12.0 Å². The largest absolute Gasteiger partial charge is 0.460 e. The van der Waals surface area contributed by atoms with E-state index in [1.807, 2.05) is 58.1 Å². The summed E-state index contributed by atoms with van der Waals surface area (Å²) in [5, 5.41) is 33.4. The van der Waals surface area contributed by atoms with Gasteiger partial charge in [-0.1, -0.05) is 71.1 Å². The van der Waals surface area contributed by atoms with Gasteiger partial charge in [-0.3, -0.25) is 19.2 Å². The summed E-state index contributed by atoms with van der Waals surface area (Å²) in [5.41, 5.74) is 1.29. The summed E-state index contributed by atoms with van der Waals surface area (Å²) in [6, 6.07) is -1.11. The van der Waals surface area contributed by atoms with Crippen LogP contribution in [0.15, 0.2) is 47.6 Å². The van der Waals surface area contributed by atoms with Crippen molar-refractivity contribution in [2.75, 3.05) is 20.8 Å². The number of esters is 1. The molecule has 2 saturated heterocycles. The number of Topliss-reactive ketones (excluding diaryl/α,β-unsaturated/α-hetero) is 3. The number of rotatable bonds is 5. The molecule has 12 atom stereocenters. The molecule has 63 heavy (non-hydrogen) atoms. The minimum atomic E-state index is -2.41. The van der Waals surface area contributed by atoms with Gasteiger partial charge in [-0.25, -0.2) is 4.79 Å². The van der Waals surface area contributed by atoms with Gasteiger partial charge in [-0.15, -0.1) is 0 Å². The topological polar surface area (TPSA) is 186 Å². The van der Waals surface area contributed by atoms with Crippen molar-refractivity contribution in [3.63, 3.8) is 0 Å². The molecular weight excluding hydrogens is 807 g/mol. The zero-order valence-electron chi connectivity index (χ0n) is 39.3. The van der Waals surface area contributed by atoms with Gasteiger partial charge in [0.05, 0.1) is 18.3 Å². The highest BCUT2D eigenvalue weighted by atomic mass is 16.6. The highest BCUT2D eigenvalue weighted by Crippen LogP contribution is 2.37. The number of ketones is 3. The number of hydrogen-bond acceptors (Lipinski definition) is 12. The normalized spacial score (nSPS) is 40.1. The second-order valence-corrected chi connectivity index (χ2v) is 19.2. The van der Waals surface area contributed by atoms with Crippen LogP contribution in [0.5, 0.6) is 0 Å². The monoisotopic (exact) mass is 884 g/mol. The van der Waals surface area contributed by atoms with Crippen LogP contribution in [0.4, 0.5) is 0 Å². The maximum Gasteiger partial charge on any atom is 0.329 e. The summed E-state index contributed by atoms with van der Waals surface area (Å²) in [4.78, 5) is 71.5. The molecule has 2 bridgehead atoms. The predicted molar refractivity (Wildman–Crippen MR) is 239 cm³/mol. The number of methoxy groups -OCH3 is 2. The fourth-order valence-corrected chi connectivity index (χ4v) is 9.83. The number of fused-ring (bicyclic) bond motifs is 3. The van der Waals surface area contributed by atoms with E-state index < -0.39 is 77.8 Å². The molecule has 13 nitrogen and oxygen atoms in total. The van der Waals surface area contributed by atoms with Gasteiger partial charge in [0.2, 0.25) is 5.79 Å². The lowest BCUT2D eigenvalue weighted by atomic mass is 9.79. The number of carbonyl (C=O) groups is 5. The number of carbonyl (C=O) groups excluding carboxylic acids is 5. The molecule has 3 aliphatic heterocycles. The molecule has 1 amide bonds. The molecule has 0 aromatic carbocycles. The number of ether oxygens (including phenoxy) is 4. The lowest BCUT2D eigenvalue weighted by Crippen LogP contribution is -2.61. The maximum absolute atomic E-state index is 14.3. The van der Waals surface area contributed by atoms with Gasteiger partial charge in [0.25, 0.3) is 11.7 Å².